The molecule has 0 aliphatic heterocycles. The van der Waals surface area contributed by atoms with Crippen LogP contribution in [-0.4, -0.2) is 14.3 Å². The molecule has 1 saturated carbocycles. The van der Waals surface area contributed by atoms with Crippen molar-refractivity contribution in [3.05, 3.63) is 33.8 Å². The van der Waals surface area contributed by atoms with Crippen LogP contribution in [0.5, 0.6) is 0 Å². The fraction of sp³-hybridized carbons (Fsp3) is 0.462. The van der Waals surface area contributed by atoms with E-state index in [2.05, 4.69) is 20.7 Å². The van der Waals surface area contributed by atoms with Crippen LogP contribution >= 0.6 is 15.9 Å². The minimum Gasteiger partial charge on any atom is -0.274 e. The molecule has 2 atom stereocenters. The standard InChI is InChI=1S/C13H16BrNO3S/c1-8-3-4-10(12(14)5-8)7-19(17,18)15-13(16)11-6-9(11)2/h3-5,9,11H,6-7H2,1-2H3,(H,15,16)/t9-,11-/m0/s1. The van der Waals surface area contributed by atoms with Crippen LogP contribution in [0.1, 0.15) is 24.5 Å². The second kappa shape index (κ2) is 5.25. The molecule has 0 radical (unpaired) electrons. The second-order valence-electron chi connectivity index (χ2n) is 5.14. The summed E-state index contributed by atoms with van der Waals surface area (Å²) in [5.74, 6) is -0.422. The largest absolute Gasteiger partial charge is 0.274 e. The van der Waals surface area contributed by atoms with Crippen molar-refractivity contribution in [3.63, 3.8) is 0 Å². The van der Waals surface area contributed by atoms with E-state index >= 15 is 0 Å². The Morgan fingerprint density at radius 2 is 2.11 bits per heavy atom. The summed E-state index contributed by atoms with van der Waals surface area (Å²) in [6.07, 6.45) is 0.773. The van der Waals surface area contributed by atoms with Gasteiger partial charge in [0, 0.05) is 10.4 Å². The number of amides is 1. The Morgan fingerprint density at radius 1 is 1.47 bits per heavy atom. The van der Waals surface area contributed by atoms with Crippen molar-refractivity contribution in [1.29, 1.82) is 0 Å². The number of hydrogen-bond donors (Lipinski definition) is 1. The highest BCUT2D eigenvalue weighted by Gasteiger charge is 2.40. The van der Waals surface area contributed by atoms with Crippen LogP contribution in [0.3, 0.4) is 0 Å². The highest BCUT2D eigenvalue weighted by molar-refractivity contribution is 9.10. The summed E-state index contributed by atoms with van der Waals surface area (Å²) in [6.45, 7) is 3.87. The van der Waals surface area contributed by atoms with Gasteiger partial charge in [0.2, 0.25) is 15.9 Å². The van der Waals surface area contributed by atoms with Gasteiger partial charge in [-0.3, -0.25) is 9.52 Å². The Kier molecular flexibility index (Phi) is 4.01. The van der Waals surface area contributed by atoms with Gasteiger partial charge in [-0.2, -0.15) is 0 Å². The van der Waals surface area contributed by atoms with Crippen LogP contribution in [0.25, 0.3) is 0 Å². The molecule has 19 heavy (non-hydrogen) atoms. The minimum absolute atomic E-state index is 0.142. The minimum atomic E-state index is -3.63. The molecule has 0 bridgehead atoms. The summed E-state index contributed by atoms with van der Waals surface area (Å²) in [5, 5.41) is 0. The van der Waals surface area contributed by atoms with Gasteiger partial charge in [-0.15, -0.1) is 0 Å². The lowest BCUT2D eigenvalue weighted by atomic mass is 10.2. The van der Waals surface area contributed by atoms with Crippen molar-refractivity contribution < 1.29 is 13.2 Å². The summed E-state index contributed by atoms with van der Waals surface area (Å²) in [7, 11) is -3.63. The van der Waals surface area contributed by atoms with E-state index in [9.17, 15) is 13.2 Å². The maximum Gasteiger partial charge on any atom is 0.239 e. The monoisotopic (exact) mass is 345 g/mol. The van der Waals surface area contributed by atoms with Gasteiger partial charge in [0.25, 0.3) is 0 Å². The predicted octanol–water partition coefficient (Wildman–Crippen LogP) is 2.36. The van der Waals surface area contributed by atoms with E-state index in [0.29, 0.717) is 11.5 Å². The van der Waals surface area contributed by atoms with Gasteiger partial charge < -0.3 is 0 Å². The molecule has 1 aromatic rings. The molecule has 1 N–H and O–H groups in total. The summed E-state index contributed by atoms with van der Waals surface area (Å²) in [6, 6.07) is 5.46. The number of carbonyl (C=O) groups excluding carboxylic acids is 1. The van der Waals surface area contributed by atoms with E-state index in [4.69, 9.17) is 0 Å². The Bertz CT molecular complexity index is 612. The van der Waals surface area contributed by atoms with Crippen molar-refractivity contribution in [2.45, 2.75) is 26.0 Å². The molecule has 1 fully saturated rings. The van der Waals surface area contributed by atoms with Crippen LogP contribution in [-0.2, 0) is 20.6 Å². The number of hydrogen-bond acceptors (Lipinski definition) is 3. The molecule has 0 saturated heterocycles. The van der Waals surface area contributed by atoms with Gasteiger partial charge in [-0.05, 0) is 36.5 Å². The quantitative estimate of drug-likeness (QED) is 0.910. The Hall–Kier alpha value is -0.880. The Morgan fingerprint density at radius 3 is 2.63 bits per heavy atom. The molecular formula is C13H16BrNO3S. The first-order chi connectivity index (χ1) is 8.78. The molecule has 0 heterocycles. The highest BCUT2D eigenvalue weighted by Crippen LogP contribution is 2.37. The highest BCUT2D eigenvalue weighted by atomic mass is 79.9. The van der Waals surface area contributed by atoms with E-state index < -0.39 is 10.0 Å². The number of halogens is 1. The van der Waals surface area contributed by atoms with Gasteiger partial charge in [-0.1, -0.05) is 35.0 Å². The van der Waals surface area contributed by atoms with Crippen molar-refractivity contribution >= 4 is 31.9 Å². The van der Waals surface area contributed by atoms with Crippen LogP contribution in [0.2, 0.25) is 0 Å². The first kappa shape index (κ1) is 14.5. The van der Waals surface area contributed by atoms with Crippen LogP contribution in [0.15, 0.2) is 22.7 Å². The maximum atomic E-state index is 11.9. The molecule has 0 aromatic heterocycles. The molecule has 4 nitrogen and oxygen atoms in total. The number of nitrogens with one attached hydrogen (secondary N) is 1. The van der Waals surface area contributed by atoms with E-state index in [0.717, 1.165) is 16.5 Å². The van der Waals surface area contributed by atoms with E-state index in [1.807, 2.05) is 26.0 Å². The smallest absolute Gasteiger partial charge is 0.239 e. The fourth-order valence-electron chi connectivity index (χ4n) is 1.93. The van der Waals surface area contributed by atoms with Crippen molar-refractivity contribution in [2.75, 3.05) is 0 Å². The zero-order valence-corrected chi connectivity index (χ0v) is 13.2. The average Bonchev–Trinajstić information content (AvgIpc) is 2.99. The summed E-state index contributed by atoms with van der Waals surface area (Å²) in [5.41, 5.74) is 1.69. The predicted molar refractivity (Wildman–Crippen MR) is 76.9 cm³/mol. The summed E-state index contributed by atoms with van der Waals surface area (Å²) < 4.78 is 26.8. The van der Waals surface area contributed by atoms with Crippen LogP contribution < -0.4 is 4.72 Å². The van der Waals surface area contributed by atoms with Crippen LogP contribution in [0.4, 0.5) is 0 Å². The van der Waals surface area contributed by atoms with Gasteiger partial charge >= 0.3 is 0 Å². The second-order valence-corrected chi connectivity index (χ2v) is 7.72. The topological polar surface area (TPSA) is 63.2 Å². The third kappa shape index (κ3) is 3.79. The van der Waals surface area contributed by atoms with E-state index in [1.165, 1.54) is 0 Å². The number of rotatable bonds is 4. The fourth-order valence-corrected chi connectivity index (χ4v) is 3.94. The normalized spacial score (nSPS) is 22.1. The van der Waals surface area contributed by atoms with Gasteiger partial charge in [0.1, 0.15) is 0 Å². The summed E-state index contributed by atoms with van der Waals surface area (Å²) in [4.78, 5) is 11.7. The average molecular weight is 346 g/mol. The molecular weight excluding hydrogens is 330 g/mol. The molecule has 1 aliphatic rings. The third-order valence-electron chi connectivity index (χ3n) is 3.26. The SMILES string of the molecule is Cc1ccc(CS(=O)(=O)NC(=O)[C@H]2C[C@@H]2C)c(Br)c1. The van der Waals surface area contributed by atoms with E-state index in [-0.39, 0.29) is 17.6 Å². The number of benzene rings is 1. The van der Waals surface area contributed by atoms with Gasteiger partial charge in [0.05, 0.1) is 5.75 Å². The molecule has 0 spiro atoms. The molecule has 0 unspecified atom stereocenters. The first-order valence-electron chi connectivity index (χ1n) is 6.08. The molecule has 2 rings (SSSR count). The lowest BCUT2D eigenvalue weighted by molar-refractivity contribution is -0.120. The lowest BCUT2D eigenvalue weighted by Gasteiger charge is -2.08. The molecule has 1 amide bonds. The van der Waals surface area contributed by atoms with Crippen molar-refractivity contribution in [2.24, 2.45) is 11.8 Å². The number of sulfonamides is 1. The summed E-state index contributed by atoms with van der Waals surface area (Å²) >= 11 is 3.34. The van der Waals surface area contributed by atoms with Gasteiger partial charge in [-0.25, -0.2) is 8.42 Å². The first-order valence-corrected chi connectivity index (χ1v) is 8.52. The number of carbonyl (C=O) groups is 1. The molecule has 6 heteroatoms. The van der Waals surface area contributed by atoms with Crippen molar-refractivity contribution in [1.82, 2.24) is 4.72 Å². The lowest BCUT2D eigenvalue weighted by Crippen LogP contribution is -2.33. The molecule has 1 aromatic carbocycles. The molecule has 1 aliphatic carbocycles. The molecule has 104 valence electrons. The Balaban J connectivity index is 2.06. The third-order valence-corrected chi connectivity index (χ3v) is 5.20. The zero-order chi connectivity index (χ0) is 14.2. The maximum absolute atomic E-state index is 11.9. The van der Waals surface area contributed by atoms with Crippen molar-refractivity contribution in [3.8, 4) is 0 Å². The van der Waals surface area contributed by atoms with E-state index in [1.54, 1.807) is 6.07 Å². The van der Waals surface area contributed by atoms with Crippen LogP contribution in [0, 0.1) is 18.8 Å². The van der Waals surface area contributed by atoms with Gasteiger partial charge in [0.15, 0.2) is 0 Å². The Labute approximate surface area is 121 Å². The number of aryl methyl sites for hydroxylation is 1. The zero-order valence-electron chi connectivity index (χ0n) is 10.8.